The first-order valence-corrected chi connectivity index (χ1v) is 23.3. The largest absolute Gasteiger partial charge is 0.389 e. The molecule has 19 atom stereocenters. The number of rotatable bonds is 18. The molecule has 27 heteroatoms. The van der Waals surface area contributed by atoms with Crippen molar-refractivity contribution in [2.24, 2.45) is 34.4 Å². The third-order valence-corrected chi connectivity index (χ3v) is 13.2. The topological polar surface area (TPSA) is 435 Å². The summed E-state index contributed by atoms with van der Waals surface area (Å²) in [5, 5.41) is 81.9. The van der Waals surface area contributed by atoms with Gasteiger partial charge in [-0.2, -0.15) is 0 Å². The molecule has 26 nitrogen and oxygen atoms in total. The summed E-state index contributed by atoms with van der Waals surface area (Å²) < 4.78 is 38.0. The summed E-state index contributed by atoms with van der Waals surface area (Å²) >= 11 is 1.30. The van der Waals surface area contributed by atoms with Crippen molar-refractivity contribution in [2.75, 3.05) is 23.7 Å². The first-order chi connectivity index (χ1) is 32.5. The van der Waals surface area contributed by atoms with Crippen molar-refractivity contribution in [2.45, 2.75) is 162 Å². The highest BCUT2D eigenvalue weighted by Gasteiger charge is 2.54. The fraction of sp³-hybridized carbons (Fsp3) is 0.683. The van der Waals surface area contributed by atoms with Crippen molar-refractivity contribution in [3.8, 4) is 11.3 Å². The lowest BCUT2D eigenvalue weighted by molar-refractivity contribution is -0.306. The van der Waals surface area contributed by atoms with Gasteiger partial charge in [0.15, 0.2) is 24.0 Å². The van der Waals surface area contributed by atoms with Gasteiger partial charge >= 0.3 is 0 Å². The number of anilines is 2. The molecule has 378 valence electrons. The number of thiazole rings is 1. The molecule has 4 unspecified atom stereocenters. The molecule has 68 heavy (non-hydrogen) atoms. The molecule has 2 amide bonds. The number of carbonyl (C=O) groups is 2. The van der Waals surface area contributed by atoms with Crippen LogP contribution in [0.5, 0.6) is 0 Å². The predicted molar refractivity (Wildman–Crippen MR) is 239 cm³/mol. The SMILES string of the molecule is CC(=O)Nc1nc(-c2cccc(NC(=O)CCCCc3cn(CC4OC(O[C@@H]5[C@@H](O)[C@H](N)C[C@H](N)[C@H]5O[C@H]5O[C@H](CN)[C@@H](O)[C@H](O)[C@H]5N)C(O)C4O[C@H]4O[C@H](CN)[C@@H](O)[C@H](O)[C@H]4N)nn3)c2)cs1. The van der Waals surface area contributed by atoms with Gasteiger partial charge in [-0.25, -0.2) is 9.67 Å². The van der Waals surface area contributed by atoms with E-state index in [0.29, 0.717) is 41.5 Å². The van der Waals surface area contributed by atoms with Crippen molar-refractivity contribution >= 4 is 34.0 Å². The number of aliphatic hydroxyl groups is 6. The number of amides is 2. The Morgan fingerprint density at radius 1 is 0.779 bits per heavy atom. The van der Waals surface area contributed by atoms with Crippen LogP contribution >= 0.6 is 11.3 Å². The van der Waals surface area contributed by atoms with E-state index in [1.807, 2.05) is 11.4 Å². The number of carbonyl (C=O) groups excluding carboxylic acids is 2. The van der Waals surface area contributed by atoms with Gasteiger partial charge < -0.3 is 104 Å². The number of nitrogens with zero attached hydrogens (tertiary/aromatic N) is 4. The number of aromatic nitrogens is 4. The number of nitrogens with one attached hydrogen (secondary N) is 2. The number of hydrogen-bond acceptors (Lipinski definition) is 24. The molecule has 0 radical (unpaired) electrons. The number of aliphatic hydroxyl groups excluding tert-OH is 6. The smallest absolute Gasteiger partial charge is 0.224 e. The minimum atomic E-state index is -1.64. The Balaban J connectivity index is 0.997. The molecule has 1 aliphatic carbocycles. The number of nitrogens with two attached hydrogens (primary N) is 6. The summed E-state index contributed by atoms with van der Waals surface area (Å²) in [6.45, 7) is 0.945. The fourth-order valence-corrected chi connectivity index (χ4v) is 9.42. The highest BCUT2D eigenvalue weighted by molar-refractivity contribution is 7.14. The number of ether oxygens (including phenoxy) is 6. The van der Waals surface area contributed by atoms with Crippen LogP contribution in [0, 0.1) is 0 Å². The fourth-order valence-electron chi connectivity index (χ4n) is 8.66. The molecular weight excluding hydrogens is 917 g/mol. The lowest BCUT2D eigenvalue weighted by atomic mass is 9.84. The molecule has 3 aliphatic heterocycles. The maximum Gasteiger partial charge on any atom is 0.224 e. The van der Waals surface area contributed by atoms with Crippen LogP contribution in [-0.4, -0.2) is 192 Å². The van der Waals surface area contributed by atoms with Crippen molar-refractivity contribution in [3.05, 3.63) is 41.5 Å². The Morgan fingerprint density at radius 2 is 1.41 bits per heavy atom. The lowest BCUT2D eigenvalue weighted by Gasteiger charge is -2.47. The molecule has 5 heterocycles. The zero-order valence-electron chi connectivity index (χ0n) is 37.2. The van der Waals surface area contributed by atoms with Gasteiger partial charge in [0, 0.05) is 61.3 Å². The quantitative estimate of drug-likeness (QED) is 0.0530. The summed E-state index contributed by atoms with van der Waals surface area (Å²) in [7, 11) is 0. The summed E-state index contributed by atoms with van der Waals surface area (Å²) in [6, 6.07) is 2.87. The predicted octanol–water partition coefficient (Wildman–Crippen LogP) is -5.16. The van der Waals surface area contributed by atoms with Crippen LogP contribution in [-0.2, 0) is 51.0 Å². The zero-order valence-corrected chi connectivity index (χ0v) is 38.0. The van der Waals surface area contributed by atoms with E-state index in [2.05, 4.69) is 25.9 Å². The van der Waals surface area contributed by atoms with Crippen LogP contribution in [0.1, 0.15) is 38.3 Å². The lowest BCUT2D eigenvalue weighted by Crippen LogP contribution is -2.68. The van der Waals surface area contributed by atoms with E-state index < -0.39 is 116 Å². The Kier molecular flexibility index (Phi) is 17.6. The van der Waals surface area contributed by atoms with Crippen LogP contribution in [0.3, 0.4) is 0 Å². The van der Waals surface area contributed by atoms with E-state index in [-0.39, 0.29) is 44.3 Å². The van der Waals surface area contributed by atoms with Crippen LogP contribution < -0.4 is 45.0 Å². The van der Waals surface area contributed by atoms with Gasteiger partial charge in [0.05, 0.1) is 36.1 Å². The van der Waals surface area contributed by atoms with Crippen LogP contribution in [0.2, 0.25) is 0 Å². The Hall–Kier alpha value is -3.79. The second-order valence-corrected chi connectivity index (χ2v) is 18.4. The Labute approximate surface area is 394 Å². The van der Waals surface area contributed by atoms with Crippen LogP contribution in [0.25, 0.3) is 11.3 Å². The minimum absolute atomic E-state index is 0.0596. The molecule has 2 aromatic heterocycles. The van der Waals surface area contributed by atoms with E-state index in [4.69, 9.17) is 62.8 Å². The summed E-state index contributed by atoms with van der Waals surface area (Å²) in [4.78, 5) is 28.7. The van der Waals surface area contributed by atoms with Gasteiger partial charge in [-0.15, -0.1) is 16.4 Å². The van der Waals surface area contributed by atoms with Gasteiger partial charge in [-0.05, 0) is 37.8 Å². The monoisotopic (exact) mass is 980 g/mol. The molecule has 20 N–H and O–H groups in total. The van der Waals surface area contributed by atoms with Gasteiger partial charge in [-0.3, -0.25) is 9.59 Å². The minimum Gasteiger partial charge on any atom is -0.389 e. The van der Waals surface area contributed by atoms with Crippen molar-refractivity contribution in [1.82, 2.24) is 20.0 Å². The Morgan fingerprint density at radius 3 is 2.06 bits per heavy atom. The normalized spacial score (nSPS) is 37.5. The van der Waals surface area contributed by atoms with Gasteiger partial charge in [0.2, 0.25) is 11.8 Å². The van der Waals surface area contributed by atoms with E-state index in [1.54, 1.807) is 24.4 Å². The molecule has 3 aromatic rings. The van der Waals surface area contributed by atoms with Crippen LogP contribution in [0.15, 0.2) is 35.8 Å². The maximum absolute atomic E-state index is 12.9. The van der Waals surface area contributed by atoms with Crippen molar-refractivity contribution in [3.63, 3.8) is 0 Å². The van der Waals surface area contributed by atoms with E-state index >= 15 is 0 Å². The molecular formula is C41H64N12O14S. The standard InChI is InChI=1S/C41H64N12O14S/c1-16(54)48-41-50-22(15-68-41)17-5-4-7-18(9-17)49-26(55)8-3-2-6-19-13-53(52-51-19)14-25-36(66-39-28(47)33(60)31(58)24(12-43)63-39)34(61)40(64-25)67-37-29(56)20(44)10-21(45)35(37)65-38-27(46)32(59)30(57)23(11-42)62-38/h4-5,7,9,13,15,20-21,23-25,27-40,56-61H,2-3,6,8,10-12,14,42-47H2,1H3,(H,49,55)(H,48,50,54)/t20-,21+,23-,24-,25?,27-,28-,29+,30-,31-,32-,33-,34?,35-,36?,37-,38-,39-,40?/m1/s1. The Bertz CT molecular complexity index is 2120. The summed E-state index contributed by atoms with van der Waals surface area (Å²) in [5.41, 5.74) is 39.4. The van der Waals surface area contributed by atoms with Crippen molar-refractivity contribution in [1.29, 1.82) is 0 Å². The van der Waals surface area contributed by atoms with Crippen LogP contribution in [0.4, 0.5) is 10.8 Å². The third-order valence-electron chi connectivity index (χ3n) is 12.5. The summed E-state index contributed by atoms with van der Waals surface area (Å²) in [5.74, 6) is -0.402. The van der Waals surface area contributed by atoms with Gasteiger partial charge in [-0.1, -0.05) is 17.3 Å². The number of benzene rings is 1. The van der Waals surface area contributed by atoms with E-state index in [0.717, 1.165) is 5.56 Å². The average molecular weight is 981 g/mol. The second kappa shape index (κ2) is 23.0. The first kappa shape index (κ1) is 52.0. The number of unbranched alkanes of at least 4 members (excludes halogenated alkanes) is 1. The molecule has 0 bridgehead atoms. The second-order valence-electron chi connectivity index (χ2n) is 17.6. The highest BCUT2D eigenvalue weighted by Crippen LogP contribution is 2.35. The van der Waals surface area contributed by atoms with Gasteiger partial charge in [0.1, 0.15) is 67.1 Å². The zero-order chi connectivity index (χ0) is 49.0. The summed E-state index contributed by atoms with van der Waals surface area (Å²) in [6.07, 6.45) is -16.8. The third kappa shape index (κ3) is 12.0. The molecule has 4 aliphatic rings. The van der Waals surface area contributed by atoms with Gasteiger partial charge in [0.25, 0.3) is 0 Å². The average Bonchev–Trinajstić information content (AvgIpc) is 4.04. The maximum atomic E-state index is 12.9. The molecule has 0 spiro atoms. The highest BCUT2D eigenvalue weighted by atomic mass is 32.1. The van der Waals surface area contributed by atoms with E-state index in [1.165, 1.54) is 22.9 Å². The van der Waals surface area contributed by atoms with E-state index in [9.17, 15) is 40.2 Å². The molecule has 1 saturated carbocycles. The molecule has 1 aromatic carbocycles. The number of aryl methyl sites for hydroxylation is 1. The first-order valence-electron chi connectivity index (χ1n) is 22.4. The molecule has 3 saturated heterocycles. The number of hydrogen-bond donors (Lipinski definition) is 14. The molecule has 4 fully saturated rings. The molecule has 7 rings (SSSR count). The van der Waals surface area contributed by atoms with Crippen molar-refractivity contribution < 1.29 is 68.6 Å².